The lowest BCUT2D eigenvalue weighted by Gasteiger charge is -2.04. The van der Waals surface area contributed by atoms with Crippen LogP contribution in [0.5, 0.6) is 0 Å². The molecule has 6 heteroatoms. The maximum Gasteiger partial charge on any atom is 0.273 e. The van der Waals surface area contributed by atoms with Gasteiger partial charge in [0.05, 0.1) is 11.9 Å². The van der Waals surface area contributed by atoms with Gasteiger partial charge in [-0.15, -0.1) is 16.9 Å². The van der Waals surface area contributed by atoms with Gasteiger partial charge in [-0.3, -0.25) is 4.79 Å². The Morgan fingerprint density at radius 3 is 2.50 bits per heavy atom. The number of hydrogen-bond donors (Lipinski definition) is 1. The van der Waals surface area contributed by atoms with Crippen molar-refractivity contribution < 1.29 is 4.79 Å². The van der Waals surface area contributed by atoms with Crippen LogP contribution in [-0.2, 0) is 6.54 Å². The van der Waals surface area contributed by atoms with E-state index in [9.17, 15) is 4.79 Å². The number of rotatable bonds is 5. The third-order valence-electron chi connectivity index (χ3n) is 3.64. The summed E-state index contributed by atoms with van der Waals surface area (Å²) in [4.78, 5) is 13.4. The fourth-order valence-corrected chi connectivity index (χ4v) is 2.62. The van der Waals surface area contributed by atoms with Crippen molar-refractivity contribution in [2.75, 3.05) is 6.26 Å². The third-order valence-corrected chi connectivity index (χ3v) is 4.38. The van der Waals surface area contributed by atoms with Crippen molar-refractivity contribution in [1.82, 2.24) is 20.3 Å². The molecule has 0 radical (unpaired) electrons. The number of carbonyl (C=O) groups is 1. The van der Waals surface area contributed by atoms with E-state index in [0.717, 1.165) is 11.3 Å². The number of thioether (sulfide) groups is 1. The molecule has 2 aromatic carbocycles. The average Bonchev–Trinajstić information content (AvgIpc) is 3.11. The lowest BCUT2D eigenvalue weighted by atomic mass is 10.2. The van der Waals surface area contributed by atoms with Crippen molar-refractivity contribution in [3.8, 4) is 5.69 Å². The summed E-state index contributed by atoms with van der Waals surface area (Å²) in [5.41, 5.74) is 3.40. The van der Waals surface area contributed by atoms with E-state index in [2.05, 4.69) is 15.6 Å². The lowest BCUT2D eigenvalue weighted by Crippen LogP contribution is -2.23. The molecular formula is C18H18N4OS. The Balaban J connectivity index is 1.64. The van der Waals surface area contributed by atoms with E-state index < -0.39 is 0 Å². The van der Waals surface area contributed by atoms with E-state index in [-0.39, 0.29) is 5.91 Å². The SMILES string of the molecule is CSc1ccc(CNC(=O)c2cn(-c3ccc(C)cc3)nn2)cc1. The summed E-state index contributed by atoms with van der Waals surface area (Å²) >= 11 is 1.69. The van der Waals surface area contributed by atoms with Crippen LogP contribution in [0, 0.1) is 6.92 Å². The highest BCUT2D eigenvalue weighted by atomic mass is 32.2. The molecule has 0 aliphatic rings. The summed E-state index contributed by atoms with van der Waals surface area (Å²) < 4.78 is 1.60. The molecule has 0 saturated carbocycles. The van der Waals surface area contributed by atoms with E-state index in [1.165, 1.54) is 10.5 Å². The molecule has 3 aromatic rings. The summed E-state index contributed by atoms with van der Waals surface area (Å²) in [6.07, 6.45) is 3.67. The molecule has 0 unspecified atom stereocenters. The number of aromatic nitrogens is 3. The highest BCUT2D eigenvalue weighted by Gasteiger charge is 2.11. The zero-order chi connectivity index (χ0) is 16.9. The minimum absolute atomic E-state index is 0.234. The fraction of sp³-hybridized carbons (Fsp3) is 0.167. The van der Waals surface area contributed by atoms with Crippen LogP contribution < -0.4 is 5.32 Å². The number of carbonyl (C=O) groups excluding carboxylic acids is 1. The molecule has 0 aliphatic carbocycles. The van der Waals surface area contributed by atoms with Crippen LogP contribution in [-0.4, -0.2) is 27.2 Å². The van der Waals surface area contributed by atoms with Crippen molar-refractivity contribution in [3.63, 3.8) is 0 Å². The molecule has 1 aromatic heterocycles. The van der Waals surface area contributed by atoms with Gasteiger partial charge in [-0.1, -0.05) is 35.0 Å². The molecule has 0 atom stereocenters. The van der Waals surface area contributed by atoms with Crippen LogP contribution in [0.1, 0.15) is 21.6 Å². The fourth-order valence-electron chi connectivity index (χ4n) is 2.21. The normalized spacial score (nSPS) is 10.6. The first-order valence-electron chi connectivity index (χ1n) is 7.56. The van der Waals surface area contributed by atoms with E-state index in [0.29, 0.717) is 12.2 Å². The Morgan fingerprint density at radius 2 is 1.83 bits per heavy atom. The van der Waals surface area contributed by atoms with Crippen molar-refractivity contribution in [2.24, 2.45) is 0 Å². The second kappa shape index (κ2) is 7.31. The Morgan fingerprint density at radius 1 is 1.12 bits per heavy atom. The zero-order valence-electron chi connectivity index (χ0n) is 13.6. The molecule has 1 heterocycles. The predicted octanol–water partition coefficient (Wildman–Crippen LogP) is 3.23. The quantitative estimate of drug-likeness (QED) is 0.726. The molecule has 122 valence electrons. The molecule has 0 saturated heterocycles. The minimum atomic E-state index is -0.234. The summed E-state index contributed by atoms with van der Waals surface area (Å²) in [7, 11) is 0. The van der Waals surface area contributed by atoms with Gasteiger partial charge in [0.15, 0.2) is 5.69 Å². The Bertz CT molecular complexity index is 825. The van der Waals surface area contributed by atoms with E-state index in [1.807, 2.05) is 61.7 Å². The smallest absolute Gasteiger partial charge is 0.273 e. The number of nitrogens with one attached hydrogen (secondary N) is 1. The van der Waals surface area contributed by atoms with Gasteiger partial charge in [0.1, 0.15) is 0 Å². The Hall–Kier alpha value is -2.60. The van der Waals surface area contributed by atoms with E-state index in [1.54, 1.807) is 22.6 Å². The molecule has 0 fully saturated rings. The lowest BCUT2D eigenvalue weighted by molar-refractivity contribution is 0.0946. The van der Waals surface area contributed by atoms with Gasteiger partial charge in [-0.25, -0.2) is 4.68 Å². The van der Waals surface area contributed by atoms with Crippen LogP contribution in [0.4, 0.5) is 0 Å². The average molecular weight is 338 g/mol. The molecule has 1 N–H and O–H groups in total. The van der Waals surface area contributed by atoms with Crippen molar-refractivity contribution in [3.05, 3.63) is 71.5 Å². The molecule has 0 aliphatic heterocycles. The summed E-state index contributed by atoms with van der Waals surface area (Å²) in [6.45, 7) is 2.49. The van der Waals surface area contributed by atoms with E-state index >= 15 is 0 Å². The maximum atomic E-state index is 12.2. The number of benzene rings is 2. The van der Waals surface area contributed by atoms with Gasteiger partial charge in [-0.05, 0) is 43.0 Å². The first-order valence-corrected chi connectivity index (χ1v) is 8.79. The van der Waals surface area contributed by atoms with Crippen LogP contribution in [0.3, 0.4) is 0 Å². The zero-order valence-corrected chi connectivity index (χ0v) is 14.4. The largest absolute Gasteiger partial charge is 0.347 e. The summed E-state index contributed by atoms with van der Waals surface area (Å²) in [5, 5.41) is 10.8. The number of amides is 1. The van der Waals surface area contributed by atoms with Crippen molar-refractivity contribution >= 4 is 17.7 Å². The Labute approximate surface area is 145 Å². The van der Waals surface area contributed by atoms with Gasteiger partial charge in [0.25, 0.3) is 5.91 Å². The standard InChI is InChI=1S/C18H18N4OS/c1-13-3-7-15(8-4-13)22-12-17(20-21-22)18(23)19-11-14-5-9-16(24-2)10-6-14/h3-10,12H,11H2,1-2H3,(H,19,23). The van der Waals surface area contributed by atoms with Gasteiger partial charge < -0.3 is 5.32 Å². The second-order valence-corrected chi connectivity index (χ2v) is 6.29. The van der Waals surface area contributed by atoms with Crippen molar-refractivity contribution in [1.29, 1.82) is 0 Å². The van der Waals surface area contributed by atoms with Gasteiger partial charge >= 0.3 is 0 Å². The van der Waals surface area contributed by atoms with Crippen LogP contribution in [0.2, 0.25) is 0 Å². The third kappa shape index (κ3) is 3.83. The first-order chi connectivity index (χ1) is 11.7. The van der Waals surface area contributed by atoms with Crippen LogP contribution in [0.25, 0.3) is 5.69 Å². The van der Waals surface area contributed by atoms with Crippen LogP contribution in [0.15, 0.2) is 59.6 Å². The molecule has 0 bridgehead atoms. The monoisotopic (exact) mass is 338 g/mol. The highest BCUT2D eigenvalue weighted by molar-refractivity contribution is 7.98. The topological polar surface area (TPSA) is 59.8 Å². The molecule has 24 heavy (non-hydrogen) atoms. The minimum Gasteiger partial charge on any atom is -0.347 e. The van der Waals surface area contributed by atoms with Crippen LogP contribution >= 0.6 is 11.8 Å². The van der Waals surface area contributed by atoms with Gasteiger partial charge in [0, 0.05) is 11.4 Å². The molecular weight excluding hydrogens is 320 g/mol. The molecule has 1 amide bonds. The second-order valence-electron chi connectivity index (χ2n) is 5.41. The molecule has 3 rings (SSSR count). The number of nitrogens with zero attached hydrogens (tertiary/aromatic N) is 3. The molecule has 0 spiro atoms. The van der Waals surface area contributed by atoms with E-state index in [4.69, 9.17) is 0 Å². The number of hydrogen-bond acceptors (Lipinski definition) is 4. The van der Waals surface area contributed by atoms with Crippen molar-refractivity contribution in [2.45, 2.75) is 18.4 Å². The number of aryl methyl sites for hydroxylation is 1. The first kappa shape index (κ1) is 16.3. The Kier molecular flexibility index (Phi) is 4.96. The van der Waals surface area contributed by atoms with Gasteiger partial charge in [-0.2, -0.15) is 0 Å². The highest BCUT2D eigenvalue weighted by Crippen LogP contribution is 2.14. The predicted molar refractivity (Wildman–Crippen MR) is 95.5 cm³/mol. The summed E-state index contributed by atoms with van der Waals surface area (Å²) in [6, 6.07) is 16.0. The van der Waals surface area contributed by atoms with Gasteiger partial charge in [0.2, 0.25) is 0 Å². The molecule has 5 nitrogen and oxygen atoms in total. The summed E-state index contributed by atoms with van der Waals surface area (Å²) in [5.74, 6) is -0.234. The maximum absolute atomic E-state index is 12.2.